The molecule has 0 bridgehead atoms. The molecule has 0 unspecified atom stereocenters. The summed E-state index contributed by atoms with van der Waals surface area (Å²) in [5.41, 5.74) is 1.48. The van der Waals surface area contributed by atoms with Crippen LogP contribution in [0.4, 0.5) is 0 Å². The standard InChI is InChI=1S/C16H27N3/c1-4-19(11-15-7-5-6-10-17-15)13-16(2,3)12-18-14-8-9-14/h5-7,10,14,18H,4,8-9,11-13H2,1-3H3. The quantitative estimate of drug-likeness (QED) is 0.780. The molecule has 19 heavy (non-hydrogen) atoms. The molecule has 1 fully saturated rings. The third-order valence-electron chi connectivity index (χ3n) is 3.66. The molecule has 2 rings (SSSR count). The predicted octanol–water partition coefficient (Wildman–Crippen LogP) is 2.68. The lowest BCUT2D eigenvalue weighted by atomic mass is 9.92. The van der Waals surface area contributed by atoms with E-state index in [4.69, 9.17) is 0 Å². The van der Waals surface area contributed by atoms with E-state index in [1.807, 2.05) is 12.3 Å². The molecule has 1 aliphatic rings. The van der Waals surface area contributed by atoms with Crippen LogP contribution in [0, 0.1) is 5.41 Å². The highest BCUT2D eigenvalue weighted by atomic mass is 15.1. The monoisotopic (exact) mass is 261 g/mol. The van der Waals surface area contributed by atoms with Crippen LogP contribution in [-0.4, -0.2) is 35.6 Å². The lowest BCUT2D eigenvalue weighted by Gasteiger charge is -2.32. The van der Waals surface area contributed by atoms with E-state index in [1.165, 1.54) is 12.8 Å². The van der Waals surface area contributed by atoms with Gasteiger partial charge in [0.2, 0.25) is 0 Å². The number of aromatic nitrogens is 1. The maximum absolute atomic E-state index is 4.42. The van der Waals surface area contributed by atoms with Gasteiger partial charge in [0.1, 0.15) is 0 Å². The first-order chi connectivity index (χ1) is 9.09. The largest absolute Gasteiger partial charge is 0.313 e. The van der Waals surface area contributed by atoms with E-state index in [1.54, 1.807) is 0 Å². The van der Waals surface area contributed by atoms with E-state index < -0.39 is 0 Å². The molecule has 1 heterocycles. The molecule has 3 heteroatoms. The molecular weight excluding hydrogens is 234 g/mol. The van der Waals surface area contributed by atoms with Gasteiger partial charge in [0.15, 0.2) is 0 Å². The van der Waals surface area contributed by atoms with Crippen molar-refractivity contribution in [1.29, 1.82) is 0 Å². The summed E-state index contributed by atoms with van der Waals surface area (Å²) in [4.78, 5) is 6.91. The van der Waals surface area contributed by atoms with Gasteiger partial charge in [-0.2, -0.15) is 0 Å². The lowest BCUT2D eigenvalue weighted by Crippen LogP contribution is -2.40. The summed E-state index contributed by atoms with van der Waals surface area (Å²) in [7, 11) is 0. The molecule has 1 N–H and O–H groups in total. The van der Waals surface area contributed by atoms with Crippen molar-refractivity contribution in [3.63, 3.8) is 0 Å². The van der Waals surface area contributed by atoms with E-state index in [-0.39, 0.29) is 0 Å². The third kappa shape index (κ3) is 5.29. The van der Waals surface area contributed by atoms with Gasteiger partial charge in [-0.1, -0.05) is 26.8 Å². The van der Waals surface area contributed by atoms with Gasteiger partial charge in [-0.15, -0.1) is 0 Å². The second-order valence-electron chi connectivity index (χ2n) is 6.44. The number of hydrogen-bond donors (Lipinski definition) is 1. The smallest absolute Gasteiger partial charge is 0.0543 e. The summed E-state index contributed by atoms with van der Waals surface area (Å²) in [6.07, 6.45) is 4.60. The molecular formula is C16H27N3. The first-order valence-corrected chi connectivity index (χ1v) is 7.45. The van der Waals surface area contributed by atoms with Gasteiger partial charge in [0.05, 0.1) is 5.69 Å². The van der Waals surface area contributed by atoms with Gasteiger partial charge in [-0.05, 0) is 36.9 Å². The average molecular weight is 261 g/mol. The van der Waals surface area contributed by atoms with Crippen LogP contribution in [0.2, 0.25) is 0 Å². The fraction of sp³-hybridized carbons (Fsp3) is 0.688. The molecule has 106 valence electrons. The van der Waals surface area contributed by atoms with Crippen molar-refractivity contribution < 1.29 is 0 Å². The molecule has 1 saturated carbocycles. The number of rotatable bonds is 8. The summed E-state index contributed by atoms with van der Waals surface area (Å²) >= 11 is 0. The molecule has 0 atom stereocenters. The zero-order valence-corrected chi connectivity index (χ0v) is 12.5. The Labute approximate surface area is 117 Å². The normalized spacial score (nSPS) is 16.0. The summed E-state index contributed by atoms with van der Waals surface area (Å²) in [6, 6.07) is 6.95. The zero-order chi connectivity index (χ0) is 13.7. The highest BCUT2D eigenvalue weighted by molar-refractivity contribution is 5.03. The van der Waals surface area contributed by atoms with Gasteiger partial charge >= 0.3 is 0 Å². The van der Waals surface area contributed by atoms with Gasteiger partial charge in [0, 0.05) is 31.9 Å². The molecule has 0 amide bonds. The first-order valence-electron chi connectivity index (χ1n) is 7.45. The van der Waals surface area contributed by atoms with Crippen LogP contribution in [0.25, 0.3) is 0 Å². The van der Waals surface area contributed by atoms with Crippen LogP contribution in [-0.2, 0) is 6.54 Å². The molecule has 1 aromatic rings. The Bertz CT molecular complexity index is 371. The van der Waals surface area contributed by atoms with Crippen molar-refractivity contribution >= 4 is 0 Å². The van der Waals surface area contributed by atoms with Crippen molar-refractivity contribution in [2.24, 2.45) is 5.41 Å². The minimum atomic E-state index is 0.313. The van der Waals surface area contributed by atoms with Crippen LogP contribution in [0.1, 0.15) is 39.3 Å². The Balaban J connectivity index is 1.82. The second kappa shape index (κ2) is 6.49. The van der Waals surface area contributed by atoms with Crippen LogP contribution >= 0.6 is 0 Å². The lowest BCUT2D eigenvalue weighted by molar-refractivity contribution is 0.172. The molecule has 0 saturated heterocycles. The van der Waals surface area contributed by atoms with Crippen LogP contribution in [0.3, 0.4) is 0 Å². The fourth-order valence-electron chi connectivity index (χ4n) is 2.37. The van der Waals surface area contributed by atoms with Gasteiger partial charge < -0.3 is 5.32 Å². The summed E-state index contributed by atoms with van der Waals surface area (Å²) in [5, 5.41) is 3.65. The average Bonchev–Trinajstić information content (AvgIpc) is 3.21. The number of nitrogens with zero attached hydrogens (tertiary/aromatic N) is 2. The Hall–Kier alpha value is -0.930. The van der Waals surface area contributed by atoms with E-state index >= 15 is 0 Å². The highest BCUT2D eigenvalue weighted by Crippen LogP contribution is 2.22. The SMILES string of the molecule is CCN(Cc1ccccn1)CC(C)(C)CNC1CC1. The fourth-order valence-corrected chi connectivity index (χ4v) is 2.37. The van der Waals surface area contributed by atoms with Crippen molar-refractivity contribution in [3.05, 3.63) is 30.1 Å². The predicted molar refractivity (Wildman–Crippen MR) is 80.0 cm³/mol. The van der Waals surface area contributed by atoms with Crippen molar-refractivity contribution in [3.8, 4) is 0 Å². The highest BCUT2D eigenvalue weighted by Gasteiger charge is 2.26. The van der Waals surface area contributed by atoms with Gasteiger partial charge in [-0.3, -0.25) is 9.88 Å². The Morgan fingerprint density at radius 3 is 2.74 bits per heavy atom. The number of hydrogen-bond acceptors (Lipinski definition) is 3. The van der Waals surface area contributed by atoms with Crippen molar-refractivity contribution in [2.45, 2.75) is 46.2 Å². The number of nitrogens with one attached hydrogen (secondary N) is 1. The molecule has 0 aromatic carbocycles. The minimum Gasteiger partial charge on any atom is -0.313 e. The van der Waals surface area contributed by atoms with Crippen LogP contribution < -0.4 is 5.32 Å². The molecule has 0 spiro atoms. The van der Waals surface area contributed by atoms with E-state index in [0.29, 0.717) is 5.41 Å². The topological polar surface area (TPSA) is 28.2 Å². The number of pyridine rings is 1. The van der Waals surface area contributed by atoms with Crippen molar-refractivity contribution in [1.82, 2.24) is 15.2 Å². The second-order valence-corrected chi connectivity index (χ2v) is 6.44. The van der Waals surface area contributed by atoms with E-state index in [9.17, 15) is 0 Å². The summed E-state index contributed by atoms with van der Waals surface area (Å²) in [6.45, 7) is 11.2. The van der Waals surface area contributed by atoms with Gasteiger partial charge in [0.25, 0.3) is 0 Å². The first kappa shape index (κ1) is 14.5. The van der Waals surface area contributed by atoms with E-state index in [0.717, 1.165) is 37.9 Å². The zero-order valence-electron chi connectivity index (χ0n) is 12.5. The molecule has 0 aliphatic heterocycles. The van der Waals surface area contributed by atoms with Crippen LogP contribution in [0.5, 0.6) is 0 Å². The molecule has 3 nitrogen and oxygen atoms in total. The van der Waals surface area contributed by atoms with Gasteiger partial charge in [-0.25, -0.2) is 0 Å². The summed E-state index contributed by atoms with van der Waals surface area (Å²) in [5.74, 6) is 0. The minimum absolute atomic E-state index is 0.313. The molecule has 1 aliphatic carbocycles. The Kier molecular flexibility index (Phi) is 4.94. The maximum atomic E-state index is 4.42. The Morgan fingerprint density at radius 1 is 1.37 bits per heavy atom. The third-order valence-corrected chi connectivity index (χ3v) is 3.66. The molecule has 0 radical (unpaired) electrons. The van der Waals surface area contributed by atoms with E-state index in [2.05, 4.69) is 48.1 Å². The maximum Gasteiger partial charge on any atom is 0.0543 e. The van der Waals surface area contributed by atoms with Crippen LogP contribution in [0.15, 0.2) is 24.4 Å². The summed E-state index contributed by atoms with van der Waals surface area (Å²) < 4.78 is 0. The Morgan fingerprint density at radius 2 is 2.16 bits per heavy atom. The van der Waals surface area contributed by atoms with Crippen molar-refractivity contribution in [2.75, 3.05) is 19.6 Å². The molecule has 1 aromatic heterocycles.